The third-order valence-corrected chi connectivity index (χ3v) is 8.40. The molecule has 2 saturated heterocycles. The van der Waals surface area contributed by atoms with E-state index in [4.69, 9.17) is 0 Å². The fourth-order valence-electron chi connectivity index (χ4n) is 4.92. The topological polar surface area (TPSA) is 86.8 Å². The molecule has 156 valence electrons. The molecule has 4 fully saturated rings. The minimum absolute atomic E-state index is 0.0258. The number of nitrogens with zero attached hydrogens (tertiary/aromatic N) is 2. The highest BCUT2D eigenvalue weighted by atomic mass is 32.2. The molecule has 2 aliphatic heterocycles. The second-order valence-electron chi connectivity index (χ2n) is 8.92. The van der Waals surface area contributed by atoms with Crippen molar-refractivity contribution in [2.24, 2.45) is 11.8 Å². The van der Waals surface area contributed by atoms with Gasteiger partial charge >= 0.3 is 0 Å². The molecule has 0 aromatic heterocycles. The van der Waals surface area contributed by atoms with E-state index in [0.29, 0.717) is 17.5 Å². The number of rotatable bonds is 4. The number of sulfone groups is 1. The van der Waals surface area contributed by atoms with Crippen molar-refractivity contribution in [3.63, 3.8) is 0 Å². The first-order chi connectivity index (χ1) is 13.9. The van der Waals surface area contributed by atoms with Crippen molar-refractivity contribution >= 4 is 33.0 Å². The Morgan fingerprint density at radius 1 is 1.03 bits per heavy atom. The third kappa shape index (κ3) is 3.74. The molecular formula is C21H27N3O4S. The Labute approximate surface area is 171 Å². The Morgan fingerprint density at radius 2 is 1.79 bits per heavy atom. The molecular weight excluding hydrogens is 390 g/mol. The molecule has 2 amide bonds. The highest BCUT2D eigenvalue weighted by molar-refractivity contribution is 7.91. The van der Waals surface area contributed by atoms with Gasteiger partial charge in [-0.15, -0.1) is 0 Å². The molecule has 2 saturated carbocycles. The lowest BCUT2D eigenvalue weighted by Gasteiger charge is -2.33. The smallest absolute Gasteiger partial charge is 0.256 e. The summed E-state index contributed by atoms with van der Waals surface area (Å²) in [5.41, 5.74) is 2.22. The monoisotopic (exact) mass is 417 g/mol. The van der Waals surface area contributed by atoms with Crippen molar-refractivity contribution in [2.45, 2.75) is 38.1 Å². The van der Waals surface area contributed by atoms with E-state index < -0.39 is 9.84 Å². The Hall–Kier alpha value is -2.09. The molecule has 2 aliphatic carbocycles. The van der Waals surface area contributed by atoms with Crippen LogP contribution in [0, 0.1) is 11.8 Å². The second-order valence-corrected chi connectivity index (χ2v) is 11.2. The summed E-state index contributed by atoms with van der Waals surface area (Å²) in [6.07, 6.45) is 5.44. The first-order valence-electron chi connectivity index (χ1n) is 10.6. The molecule has 2 heterocycles. The quantitative estimate of drug-likeness (QED) is 0.809. The van der Waals surface area contributed by atoms with Gasteiger partial charge in [0.05, 0.1) is 22.8 Å². The average molecular weight is 418 g/mol. The van der Waals surface area contributed by atoms with E-state index in [0.717, 1.165) is 43.6 Å². The van der Waals surface area contributed by atoms with Crippen LogP contribution < -0.4 is 10.2 Å². The van der Waals surface area contributed by atoms with Crippen LogP contribution in [0.4, 0.5) is 11.4 Å². The van der Waals surface area contributed by atoms with Crippen LogP contribution in [-0.2, 0) is 14.6 Å². The van der Waals surface area contributed by atoms with Crippen molar-refractivity contribution < 1.29 is 18.0 Å². The van der Waals surface area contributed by atoms with Gasteiger partial charge in [-0.25, -0.2) is 8.42 Å². The van der Waals surface area contributed by atoms with Gasteiger partial charge in [-0.05, 0) is 56.2 Å². The summed E-state index contributed by atoms with van der Waals surface area (Å²) in [6, 6.07) is 5.98. The average Bonchev–Trinajstić information content (AvgIpc) is 3.35. The predicted octanol–water partition coefficient (Wildman–Crippen LogP) is 1.89. The van der Waals surface area contributed by atoms with Gasteiger partial charge in [0.15, 0.2) is 9.84 Å². The lowest BCUT2D eigenvalue weighted by Crippen LogP contribution is -2.44. The summed E-state index contributed by atoms with van der Waals surface area (Å²) in [5.74, 6) is 0.790. The fourth-order valence-corrected chi connectivity index (χ4v) is 6.12. The summed E-state index contributed by atoms with van der Waals surface area (Å²) in [5, 5.41) is 3.00. The van der Waals surface area contributed by atoms with E-state index in [1.165, 1.54) is 6.42 Å². The van der Waals surface area contributed by atoms with Crippen LogP contribution in [0.25, 0.3) is 0 Å². The molecule has 2 atom stereocenters. The lowest BCUT2D eigenvalue weighted by atomic mass is 10.0. The zero-order chi connectivity index (χ0) is 20.2. The van der Waals surface area contributed by atoms with Crippen molar-refractivity contribution in [3.8, 4) is 0 Å². The number of carbonyl (C=O) groups excluding carboxylic acids is 2. The zero-order valence-corrected chi connectivity index (χ0v) is 17.3. The van der Waals surface area contributed by atoms with E-state index >= 15 is 0 Å². The molecule has 8 heteroatoms. The van der Waals surface area contributed by atoms with Gasteiger partial charge in [-0.1, -0.05) is 0 Å². The van der Waals surface area contributed by atoms with Gasteiger partial charge in [-0.2, -0.15) is 0 Å². The number of benzene rings is 1. The summed E-state index contributed by atoms with van der Waals surface area (Å²) in [6.45, 7) is 1.43. The molecule has 1 N–H and O–H groups in total. The maximum Gasteiger partial charge on any atom is 0.256 e. The van der Waals surface area contributed by atoms with Crippen LogP contribution in [0.3, 0.4) is 0 Å². The minimum atomic E-state index is -3.04. The van der Waals surface area contributed by atoms with Gasteiger partial charge in [0.25, 0.3) is 5.91 Å². The second kappa shape index (κ2) is 7.00. The van der Waals surface area contributed by atoms with Gasteiger partial charge in [0, 0.05) is 37.3 Å². The number of piperidine rings is 1. The van der Waals surface area contributed by atoms with Gasteiger partial charge in [-0.3, -0.25) is 9.59 Å². The first-order valence-corrected chi connectivity index (χ1v) is 12.4. The molecule has 1 aromatic carbocycles. The van der Waals surface area contributed by atoms with E-state index in [-0.39, 0.29) is 42.3 Å². The van der Waals surface area contributed by atoms with Gasteiger partial charge in [0.2, 0.25) is 5.91 Å². The molecule has 2 unspecified atom stereocenters. The van der Waals surface area contributed by atoms with E-state index in [1.807, 2.05) is 6.07 Å². The Kier molecular flexibility index (Phi) is 4.57. The lowest BCUT2D eigenvalue weighted by molar-refractivity contribution is -0.117. The minimum Gasteiger partial charge on any atom is -0.368 e. The van der Waals surface area contributed by atoms with Gasteiger partial charge < -0.3 is 15.1 Å². The first kappa shape index (κ1) is 18.9. The number of hydrogen-bond donors (Lipinski definition) is 1. The van der Waals surface area contributed by atoms with E-state index in [9.17, 15) is 18.0 Å². The molecule has 1 aromatic rings. The highest BCUT2D eigenvalue weighted by Crippen LogP contribution is 2.42. The number of carbonyl (C=O) groups is 2. The molecule has 0 spiro atoms. The Balaban J connectivity index is 1.43. The van der Waals surface area contributed by atoms with E-state index in [2.05, 4.69) is 10.2 Å². The largest absolute Gasteiger partial charge is 0.368 e. The standard InChI is InChI=1S/C21H27N3O4S/c25-20(15-2-3-15)22-16-4-6-18(21(26)23-7-9-29(27,28)10-8-23)19(12-16)24-13-14-1-5-17(24)11-14/h4,6,12,14-15,17H,1-3,5,7-11,13H2,(H,22,25). The normalized spacial score (nSPS) is 27.9. The summed E-state index contributed by atoms with van der Waals surface area (Å²) >= 11 is 0. The number of fused-ring (bicyclic) bond motifs is 2. The molecule has 29 heavy (non-hydrogen) atoms. The Bertz CT molecular complexity index is 943. The third-order valence-electron chi connectivity index (χ3n) is 6.79. The zero-order valence-electron chi connectivity index (χ0n) is 16.5. The Morgan fingerprint density at radius 3 is 2.41 bits per heavy atom. The van der Waals surface area contributed by atoms with Crippen molar-refractivity contribution in [3.05, 3.63) is 23.8 Å². The predicted molar refractivity (Wildman–Crippen MR) is 111 cm³/mol. The summed E-state index contributed by atoms with van der Waals surface area (Å²) in [4.78, 5) is 29.4. The number of amides is 2. The maximum atomic E-state index is 13.3. The van der Waals surface area contributed by atoms with Crippen LogP contribution in [0.1, 0.15) is 42.5 Å². The molecule has 2 bridgehead atoms. The van der Waals surface area contributed by atoms with Crippen LogP contribution in [0.5, 0.6) is 0 Å². The molecule has 7 nitrogen and oxygen atoms in total. The van der Waals surface area contributed by atoms with E-state index in [1.54, 1.807) is 17.0 Å². The fraction of sp³-hybridized carbons (Fsp3) is 0.619. The van der Waals surface area contributed by atoms with Crippen molar-refractivity contribution in [1.82, 2.24) is 4.90 Å². The molecule has 4 aliphatic rings. The molecule has 0 radical (unpaired) electrons. The van der Waals surface area contributed by atoms with Crippen LogP contribution in [-0.4, -0.2) is 62.3 Å². The SMILES string of the molecule is O=C(Nc1ccc(C(=O)N2CCS(=O)(=O)CC2)c(N2CC3CCC2C3)c1)C1CC1. The van der Waals surface area contributed by atoms with Crippen LogP contribution in [0.2, 0.25) is 0 Å². The summed E-state index contributed by atoms with van der Waals surface area (Å²) < 4.78 is 23.5. The van der Waals surface area contributed by atoms with Crippen molar-refractivity contribution in [2.75, 3.05) is 41.4 Å². The van der Waals surface area contributed by atoms with Crippen LogP contribution in [0.15, 0.2) is 18.2 Å². The maximum absolute atomic E-state index is 13.3. The number of nitrogens with one attached hydrogen (secondary N) is 1. The van der Waals surface area contributed by atoms with Crippen molar-refractivity contribution in [1.29, 1.82) is 0 Å². The van der Waals surface area contributed by atoms with Gasteiger partial charge in [0.1, 0.15) is 0 Å². The highest BCUT2D eigenvalue weighted by Gasteiger charge is 2.40. The molecule has 5 rings (SSSR count). The number of hydrogen-bond acceptors (Lipinski definition) is 5. The van der Waals surface area contributed by atoms with Crippen LogP contribution >= 0.6 is 0 Å². The number of anilines is 2. The summed E-state index contributed by atoms with van der Waals surface area (Å²) in [7, 11) is -3.04.